The van der Waals surface area contributed by atoms with Gasteiger partial charge >= 0.3 is 5.97 Å². The van der Waals surface area contributed by atoms with Crippen molar-refractivity contribution in [3.63, 3.8) is 0 Å². The lowest BCUT2D eigenvalue weighted by atomic mass is 10.3. The second kappa shape index (κ2) is 8.37. The monoisotopic (exact) mass is 441 g/mol. The third-order valence-electron chi connectivity index (χ3n) is 4.71. The maximum Gasteiger partial charge on any atom is 0.362 e. The van der Waals surface area contributed by atoms with Gasteiger partial charge in [-0.2, -0.15) is 0 Å². The fourth-order valence-electron chi connectivity index (χ4n) is 3.53. The molecule has 3 rings (SSSR count). The maximum atomic E-state index is 13.2. The molecular formula is C23H23BrO2P+. The zero-order chi connectivity index (χ0) is 19.3. The summed E-state index contributed by atoms with van der Waals surface area (Å²) >= 11 is 3.86. The maximum absolute atomic E-state index is 13.2. The number of rotatable bonds is 6. The van der Waals surface area contributed by atoms with Gasteiger partial charge in [0.2, 0.25) is 4.07 Å². The first-order valence-corrected chi connectivity index (χ1v) is 11.6. The minimum atomic E-state index is -2.40. The van der Waals surface area contributed by atoms with E-state index in [9.17, 15) is 4.79 Å². The number of benzene rings is 3. The summed E-state index contributed by atoms with van der Waals surface area (Å²) in [5, 5.41) is 3.40. The molecule has 0 aliphatic heterocycles. The number of carbonyl (C=O) groups excluding carboxylic acids is 1. The first-order valence-electron chi connectivity index (χ1n) is 8.97. The van der Waals surface area contributed by atoms with Crippen LogP contribution in [-0.2, 0) is 9.53 Å². The highest BCUT2D eigenvalue weighted by atomic mass is 79.9. The van der Waals surface area contributed by atoms with Crippen molar-refractivity contribution in [3.05, 3.63) is 91.0 Å². The summed E-state index contributed by atoms with van der Waals surface area (Å²) in [6, 6.07) is 30.9. The molecule has 0 radical (unpaired) electrons. The molecule has 0 heterocycles. The SMILES string of the molecule is CCOC(=O)C(C)(Br)[P+](c1ccccc1)(c1ccccc1)c1ccccc1. The molecule has 0 bridgehead atoms. The van der Waals surface area contributed by atoms with Crippen LogP contribution < -0.4 is 15.9 Å². The van der Waals surface area contributed by atoms with Crippen LogP contribution in [0.2, 0.25) is 0 Å². The van der Waals surface area contributed by atoms with Gasteiger partial charge in [-0.3, -0.25) is 0 Å². The van der Waals surface area contributed by atoms with Crippen molar-refractivity contribution in [2.75, 3.05) is 6.61 Å². The van der Waals surface area contributed by atoms with Crippen LogP contribution in [0.4, 0.5) is 0 Å². The Kier molecular flexibility index (Phi) is 6.14. The molecule has 27 heavy (non-hydrogen) atoms. The van der Waals surface area contributed by atoms with E-state index in [2.05, 4.69) is 52.3 Å². The van der Waals surface area contributed by atoms with Crippen LogP contribution in [-0.4, -0.2) is 16.6 Å². The van der Waals surface area contributed by atoms with Crippen LogP contribution >= 0.6 is 23.2 Å². The normalized spacial score (nSPS) is 13.6. The second-order valence-electron chi connectivity index (χ2n) is 6.35. The Hall–Kier alpha value is -1.96. The van der Waals surface area contributed by atoms with Gasteiger partial charge in [0.25, 0.3) is 0 Å². The lowest BCUT2D eigenvalue weighted by molar-refractivity contribution is -0.143. The molecule has 0 saturated heterocycles. The van der Waals surface area contributed by atoms with Crippen LogP contribution in [0.1, 0.15) is 13.8 Å². The van der Waals surface area contributed by atoms with Gasteiger partial charge in [-0.1, -0.05) is 54.6 Å². The molecule has 0 aliphatic carbocycles. The van der Waals surface area contributed by atoms with Gasteiger partial charge in [-0.15, -0.1) is 0 Å². The Bertz CT molecular complexity index is 783. The number of carbonyl (C=O) groups is 1. The Balaban J connectivity index is 2.42. The average molecular weight is 442 g/mol. The van der Waals surface area contributed by atoms with Crippen molar-refractivity contribution in [2.45, 2.75) is 17.9 Å². The highest BCUT2D eigenvalue weighted by molar-refractivity contribution is 9.11. The Labute approximate surface area is 170 Å². The second-order valence-corrected chi connectivity index (χ2v) is 12.3. The van der Waals surface area contributed by atoms with E-state index < -0.39 is 11.3 Å². The van der Waals surface area contributed by atoms with E-state index in [1.165, 1.54) is 0 Å². The molecule has 0 amide bonds. The molecule has 0 aliphatic rings. The molecule has 3 aromatic rings. The molecule has 0 N–H and O–H groups in total. The van der Waals surface area contributed by atoms with Crippen molar-refractivity contribution in [1.29, 1.82) is 0 Å². The van der Waals surface area contributed by atoms with E-state index >= 15 is 0 Å². The van der Waals surface area contributed by atoms with Crippen molar-refractivity contribution in [3.8, 4) is 0 Å². The van der Waals surface area contributed by atoms with Gasteiger partial charge in [0.1, 0.15) is 23.2 Å². The molecular weight excluding hydrogens is 419 g/mol. The average Bonchev–Trinajstić information content (AvgIpc) is 2.71. The molecule has 1 unspecified atom stereocenters. The molecule has 0 fully saturated rings. The third-order valence-corrected chi connectivity index (χ3v) is 11.3. The van der Waals surface area contributed by atoms with Crippen LogP contribution in [0.3, 0.4) is 0 Å². The molecule has 0 saturated carbocycles. The molecule has 3 aromatic carbocycles. The topological polar surface area (TPSA) is 26.3 Å². The number of alkyl halides is 1. The van der Waals surface area contributed by atoms with E-state index in [0.29, 0.717) is 6.61 Å². The molecule has 1 atom stereocenters. The Morgan fingerprint density at radius 1 is 0.815 bits per heavy atom. The van der Waals surface area contributed by atoms with E-state index in [1.807, 2.05) is 68.4 Å². The number of ether oxygens (including phenoxy) is 1. The minimum absolute atomic E-state index is 0.241. The number of halogens is 1. The van der Waals surface area contributed by atoms with Crippen LogP contribution in [0.15, 0.2) is 91.0 Å². The van der Waals surface area contributed by atoms with Gasteiger partial charge in [0.05, 0.1) is 6.61 Å². The summed E-state index contributed by atoms with van der Waals surface area (Å²) in [7, 11) is -2.40. The van der Waals surface area contributed by atoms with Gasteiger partial charge in [0, 0.05) is 0 Å². The summed E-state index contributed by atoms with van der Waals surface area (Å²) in [4.78, 5) is 13.2. The van der Waals surface area contributed by atoms with Crippen molar-refractivity contribution < 1.29 is 9.53 Å². The van der Waals surface area contributed by atoms with E-state index in [1.54, 1.807) is 0 Å². The summed E-state index contributed by atoms with van der Waals surface area (Å²) in [6.45, 7) is 4.14. The van der Waals surface area contributed by atoms with Crippen LogP contribution in [0.5, 0.6) is 0 Å². The Morgan fingerprint density at radius 2 is 1.15 bits per heavy atom. The van der Waals surface area contributed by atoms with Crippen LogP contribution in [0.25, 0.3) is 0 Å². The highest BCUT2D eigenvalue weighted by Crippen LogP contribution is 2.68. The molecule has 4 heteroatoms. The van der Waals surface area contributed by atoms with E-state index in [-0.39, 0.29) is 5.97 Å². The van der Waals surface area contributed by atoms with E-state index in [4.69, 9.17) is 4.74 Å². The Morgan fingerprint density at radius 3 is 1.44 bits per heavy atom. The van der Waals surface area contributed by atoms with Crippen LogP contribution in [0, 0.1) is 0 Å². The van der Waals surface area contributed by atoms with Gasteiger partial charge < -0.3 is 4.74 Å². The smallest absolute Gasteiger partial charge is 0.362 e. The fourth-order valence-corrected chi connectivity index (χ4v) is 10.0. The number of hydrogen-bond donors (Lipinski definition) is 0. The highest BCUT2D eigenvalue weighted by Gasteiger charge is 2.64. The quantitative estimate of drug-likeness (QED) is 0.316. The van der Waals surface area contributed by atoms with Crippen molar-refractivity contribution in [1.82, 2.24) is 0 Å². The predicted octanol–water partition coefficient (Wildman–Crippen LogP) is 4.65. The zero-order valence-electron chi connectivity index (χ0n) is 15.5. The standard InChI is InChI=1S/C23H23BrO2P/c1-3-26-22(25)23(2,24)27(19-13-7-4-8-14-19,20-15-9-5-10-16-20)21-17-11-6-12-18-21/h4-18H,3H2,1-2H3/q+1. The number of hydrogen-bond acceptors (Lipinski definition) is 2. The van der Waals surface area contributed by atoms with Gasteiger partial charge in [-0.25, -0.2) is 4.79 Å². The minimum Gasteiger partial charge on any atom is -0.462 e. The summed E-state index contributed by atoms with van der Waals surface area (Å²) < 4.78 is 4.62. The third kappa shape index (κ3) is 3.47. The summed E-state index contributed by atoms with van der Waals surface area (Å²) in [5.74, 6) is -0.241. The summed E-state index contributed by atoms with van der Waals surface area (Å²) in [6.07, 6.45) is 0. The first-order chi connectivity index (χ1) is 13.0. The molecule has 0 spiro atoms. The van der Waals surface area contributed by atoms with Gasteiger partial charge in [0.15, 0.2) is 0 Å². The largest absolute Gasteiger partial charge is 0.462 e. The lowest BCUT2D eigenvalue weighted by Gasteiger charge is -2.37. The molecule has 0 aromatic heterocycles. The zero-order valence-corrected chi connectivity index (χ0v) is 18.0. The summed E-state index contributed by atoms with van der Waals surface area (Å²) in [5.41, 5.74) is 0. The molecule has 2 nitrogen and oxygen atoms in total. The van der Waals surface area contributed by atoms with Gasteiger partial charge in [-0.05, 0) is 66.2 Å². The number of esters is 1. The first kappa shape index (κ1) is 19.8. The van der Waals surface area contributed by atoms with E-state index in [0.717, 1.165) is 15.9 Å². The van der Waals surface area contributed by atoms with Crippen molar-refractivity contribution >= 4 is 45.1 Å². The van der Waals surface area contributed by atoms with Crippen molar-refractivity contribution in [2.24, 2.45) is 0 Å². The fraction of sp³-hybridized carbons (Fsp3) is 0.174. The lowest BCUT2D eigenvalue weighted by Crippen LogP contribution is -2.47. The molecule has 138 valence electrons. The predicted molar refractivity (Wildman–Crippen MR) is 119 cm³/mol.